The van der Waals surface area contributed by atoms with Crippen molar-refractivity contribution in [2.45, 2.75) is 20.8 Å². The fourth-order valence-corrected chi connectivity index (χ4v) is 2.24. The maximum atomic E-state index is 11.2. The molecule has 0 aliphatic carbocycles. The number of hydrogen-bond acceptors (Lipinski definition) is 3. The largest absolute Gasteiger partial charge is 0.231 e. The normalized spacial score (nSPS) is 18.6. The van der Waals surface area contributed by atoms with E-state index >= 15 is 0 Å². The fourth-order valence-electron chi connectivity index (χ4n) is 2.24. The van der Waals surface area contributed by atoms with Gasteiger partial charge in [-0.05, 0) is 38.5 Å². The van der Waals surface area contributed by atoms with Gasteiger partial charge in [0.2, 0.25) is 0 Å². The van der Waals surface area contributed by atoms with Gasteiger partial charge in [0.1, 0.15) is 11.6 Å². The van der Waals surface area contributed by atoms with Gasteiger partial charge in [-0.15, -0.1) is 0 Å². The van der Waals surface area contributed by atoms with Crippen LogP contribution in [0.4, 0.5) is 5.69 Å². The van der Waals surface area contributed by atoms with Crippen molar-refractivity contribution in [2.75, 3.05) is 5.01 Å². The number of anilines is 1. The Bertz CT molecular complexity index is 580. The van der Waals surface area contributed by atoms with Crippen LogP contribution in [-0.2, 0) is 4.79 Å². The molecule has 92 valence electrons. The molecule has 0 fully saturated rings. The summed E-state index contributed by atoms with van der Waals surface area (Å²) in [5.74, 6) is 1.89. The first-order valence-corrected chi connectivity index (χ1v) is 5.87. The SMILES string of the molecule is C=C(C)C1C(=C=O)N(c2cccc(C)c2)N=C1C. The summed E-state index contributed by atoms with van der Waals surface area (Å²) < 4.78 is 0. The highest BCUT2D eigenvalue weighted by atomic mass is 16.1. The Hall–Kier alpha value is -2.12. The van der Waals surface area contributed by atoms with Crippen molar-refractivity contribution in [1.82, 2.24) is 0 Å². The summed E-state index contributed by atoms with van der Waals surface area (Å²) in [5.41, 5.74) is 4.32. The van der Waals surface area contributed by atoms with E-state index in [1.807, 2.05) is 51.0 Å². The van der Waals surface area contributed by atoms with Crippen LogP contribution < -0.4 is 5.01 Å². The standard InChI is InChI=1S/C15H16N2O/c1-10(2)15-12(4)16-17(14(15)9-18)13-7-5-6-11(3)8-13/h5-8,15H,1H2,2-4H3. The molecule has 1 atom stereocenters. The summed E-state index contributed by atoms with van der Waals surface area (Å²) in [6, 6.07) is 7.89. The quantitative estimate of drug-likeness (QED) is 0.587. The van der Waals surface area contributed by atoms with Crippen molar-refractivity contribution in [2.24, 2.45) is 11.0 Å². The summed E-state index contributed by atoms with van der Waals surface area (Å²) in [6.45, 7) is 9.75. The Kier molecular flexibility index (Phi) is 3.17. The molecular weight excluding hydrogens is 224 g/mol. The van der Waals surface area contributed by atoms with Gasteiger partial charge in [-0.25, -0.2) is 9.80 Å². The molecule has 3 heteroatoms. The van der Waals surface area contributed by atoms with Crippen molar-refractivity contribution < 1.29 is 4.79 Å². The summed E-state index contributed by atoms with van der Waals surface area (Å²) in [6.07, 6.45) is 0. The van der Waals surface area contributed by atoms with Gasteiger partial charge < -0.3 is 0 Å². The van der Waals surface area contributed by atoms with E-state index in [0.717, 1.165) is 22.5 Å². The highest BCUT2D eigenvalue weighted by molar-refractivity contribution is 5.97. The fraction of sp³-hybridized carbons (Fsp3) is 0.267. The van der Waals surface area contributed by atoms with Gasteiger partial charge in [-0.3, -0.25) is 0 Å². The minimum atomic E-state index is -0.122. The van der Waals surface area contributed by atoms with Gasteiger partial charge in [-0.1, -0.05) is 24.3 Å². The lowest BCUT2D eigenvalue weighted by Gasteiger charge is -2.17. The third-order valence-corrected chi connectivity index (χ3v) is 3.02. The smallest absolute Gasteiger partial charge is 0.149 e. The summed E-state index contributed by atoms with van der Waals surface area (Å²) in [4.78, 5) is 11.2. The molecule has 1 heterocycles. The molecule has 1 unspecified atom stereocenters. The highest BCUT2D eigenvalue weighted by Gasteiger charge is 2.32. The minimum absolute atomic E-state index is 0.122. The molecule has 0 saturated heterocycles. The number of allylic oxidation sites excluding steroid dienone is 1. The molecule has 3 nitrogen and oxygen atoms in total. The van der Waals surface area contributed by atoms with Gasteiger partial charge in [0, 0.05) is 5.71 Å². The van der Waals surface area contributed by atoms with Crippen LogP contribution in [0, 0.1) is 12.8 Å². The molecule has 2 rings (SSSR count). The number of hydrogen-bond donors (Lipinski definition) is 0. The molecular formula is C15H16N2O. The molecule has 18 heavy (non-hydrogen) atoms. The lowest BCUT2D eigenvalue weighted by molar-refractivity contribution is 0.565. The van der Waals surface area contributed by atoms with Crippen LogP contribution in [0.3, 0.4) is 0 Å². The van der Waals surface area contributed by atoms with E-state index in [1.165, 1.54) is 0 Å². The number of rotatable bonds is 2. The molecule has 0 bridgehead atoms. The van der Waals surface area contributed by atoms with Gasteiger partial charge in [-0.2, -0.15) is 5.10 Å². The number of carbonyl (C=O) groups excluding carboxylic acids is 1. The number of nitrogens with zero attached hydrogens (tertiary/aromatic N) is 2. The van der Waals surface area contributed by atoms with Gasteiger partial charge in [0.05, 0.1) is 11.6 Å². The average Bonchev–Trinajstić information content (AvgIpc) is 2.66. The second kappa shape index (κ2) is 4.63. The first-order valence-electron chi connectivity index (χ1n) is 5.87. The van der Waals surface area contributed by atoms with E-state index < -0.39 is 0 Å². The van der Waals surface area contributed by atoms with E-state index in [4.69, 9.17) is 0 Å². The number of benzene rings is 1. The van der Waals surface area contributed by atoms with Crippen molar-refractivity contribution in [3.05, 3.63) is 47.7 Å². The average molecular weight is 240 g/mol. The second-order valence-corrected chi connectivity index (χ2v) is 4.66. The molecule has 0 saturated carbocycles. The van der Waals surface area contributed by atoms with Crippen molar-refractivity contribution in [3.63, 3.8) is 0 Å². The van der Waals surface area contributed by atoms with Crippen molar-refractivity contribution >= 4 is 17.3 Å². The first-order chi connectivity index (χ1) is 8.54. The van der Waals surface area contributed by atoms with Gasteiger partial charge >= 0.3 is 0 Å². The zero-order valence-electron chi connectivity index (χ0n) is 10.9. The molecule has 0 radical (unpaired) electrons. The highest BCUT2D eigenvalue weighted by Crippen LogP contribution is 2.33. The summed E-state index contributed by atoms with van der Waals surface area (Å²) in [5, 5.41) is 6.11. The summed E-state index contributed by atoms with van der Waals surface area (Å²) >= 11 is 0. The zero-order valence-corrected chi connectivity index (χ0v) is 10.9. The molecule has 0 N–H and O–H groups in total. The predicted molar refractivity (Wildman–Crippen MR) is 74.3 cm³/mol. The Morgan fingerprint density at radius 1 is 1.44 bits per heavy atom. The molecule has 0 aromatic heterocycles. The lowest BCUT2D eigenvalue weighted by Crippen LogP contribution is -2.17. The van der Waals surface area contributed by atoms with Crippen LogP contribution >= 0.6 is 0 Å². The Morgan fingerprint density at radius 3 is 2.72 bits per heavy atom. The molecule has 1 aliphatic rings. The maximum Gasteiger partial charge on any atom is 0.149 e. The zero-order chi connectivity index (χ0) is 13.3. The number of hydrazone groups is 1. The lowest BCUT2D eigenvalue weighted by atomic mass is 9.95. The van der Waals surface area contributed by atoms with Crippen LogP contribution in [-0.4, -0.2) is 11.7 Å². The molecule has 0 amide bonds. The van der Waals surface area contributed by atoms with Gasteiger partial charge in [0.15, 0.2) is 0 Å². The minimum Gasteiger partial charge on any atom is -0.231 e. The monoisotopic (exact) mass is 240 g/mol. The van der Waals surface area contributed by atoms with Crippen LogP contribution in [0.25, 0.3) is 0 Å². The van der Waals surface area contributed by atoms with Crippen LogP contribution in [0.2, 0.25) is 0 Å². The van der Waals surface area contributed by atoms with E-state index in [9.17, 15) is 4.79 Å². The topological polar surface area (TPSA) is 32.7 Å². The molecule has 0 spiro atoms. The maximum absolute atomic E-state index is 11.2. The third-order valence-electron chi connectivity index (χ3n) is 3.02. The van der Waals surface area contributed by atoms with Gasteiger partial charge in [0.25, 0.3) is 0 Å². The Labute approximate surface area is 107 Å². The van der Waals surface area contributed by atoms with Crippen molar-refractivity contribution in [3.8, 4) is 0 Å². The Morgan fingerprint density at radius 2 is 2.17 bits per heavy atom. The summed E-state index contributed by atoms with van der Waals surface area (Å²) in [7, 11) is 0. The van der Waals surface area contributed by atoms with Crippen LogP contribution in [0.15, 0.2) is 47.2 Å². The number of aryl methyl sites for hydroxylation is 1. The molecule has 1 aromatic carbocycles. The van der Waals surface area contributed by atoms with E-state index in [-0.39, 0.29) is 5.92 Å². The second-order valence-electron chi connectivity index (χ2n) is 4.66. The molecule has 1 aromatic rings. The van der Waals surface area contributed by atoms with E-state index in [0.29, 0.717) is 5.70 Å². The Balaban J connectivity index is 2.48. The van der Waals surface area contributed by atoms with Crippen LogP contribution in [0.1, 0.15) is 19.4 Å². The third kappa shape index (κ3) is 2.01. The van der Waals surface area contributed by atoms with Crippen molar-refractivity contribution in [1.29, 1.82) is 0 Å². The van der Waals surface area contributed by atoms with Crippen LogP contribution in [0.5, 0.6) is 0 Å². The predicted octanol–water partition coefficient (Wildman–Crippen LogP) is 3.10. The van der Waals surface area contributed by atoms with E-state index in [2.05, 4.69) is 11.7 Å². The van der Waals surface area contributed by atoms with E-state index in [1.54, 1.807) is 5.01 Å². The first kappa shape index (κ1) is 12.3. The molecule has 1 aliphatic heterocycles.